The molecule has 0 radical (unpaired) electrons. The summed E-state index contributed by atoms with van der Waals surface area (Å²) in [5.41, 5.74) is 8.12. The number of pyridine rings is 1. The fourth-order valence-electron chi connectivity index (χ4n) is 2.03. The summed E-state index contributed by atoms with van der Waals surface area (Å²) in [5.74, 6) is 0.561. The van der Waals surface area contributed by atoms with Gasteiger partial charge in [0.1, 0.15) is 5.82 Å². The zero-order valence-electron chi connectivity index (χ0n) is 10.9. The molecule has 0 amide bonds. The van der Waals surface area contributed by atoms with Gasteiger partial charge in [0.25, 0.3) is 0 Å². The highest BCUT2D eigenvalue weighted by Gasteiger charge is 2.16. The van der Waals surface area contributed by atoms with Crippen LogP contribution in [0.15, 0.2) is 42.6 Å². The van der Waals surface area contributed by atoms with Gasteiger partial charge in [0.05, 0.1) is 6.04 Å². The normalized spacial score (nSPS) is 12.3. The number of hydrogen-bond acceptors (Lipinski definition) is 3. The molecule has 0 fully saturated rings. The maximum absolute atomic E-state index is 5.98. The monoisotopic (exact) mass is 275 g/mol. The molecule has 0 spiro atoms. The number of rotatable bonds is 5. The van der Waals surface area contributed by atoms with Gasteiger partial charge in [-0.05, 0) is 36.7 Å². The van der Waals surface area contributed by atoms with Crippen molar-refractivity contribution in [2.45, 2.75) is 19.4 Å². The number of nitrogens with zero attached hydrogens (tertiary/aromatic N) is 1. The minimum atomic E-state index is 0.0471. The fourth-order valence-corrected chi connectivity index (χ4v) is 2.15. The van der Waals surface area contributed by atoms with E-state index in [0.717, 1.165) is 29.1 Å². The maximum Gasteiger partial charge on any atom is 0.128 e. The number of nitrogen functional groups attached to an aromatic ring is 1. The Morgan fingerprint density at radius 3 is 2.63 bits per heavy atom. The summed E-state index contributed by atoms with van der Waals surface area (Å²) in [5, 5.41) is 4.23. The van der Waals surface area contributed by atoms with E-state index >= 15 is 0 Å². The third-order valence-electron chi connectivity index (χ3n) is 2.98. The minimum Gasteiger partial charge on any atom is -0.383 e. The molecule has 100 valence electrons. The predicted octanol–water partition coefficient (Wildman–Crippen LogP) is 3.41. The van der Waals surface area contributed by atoms with Crippen LogP contribution in [0.3, 0.4) is 0 Å². The highest BCUT2D eigenvalue weighted by molar-refractivity contribution is 6.30. The van der Waals surface area contributed by atoms with E-state index in [-0.39, 0.29) is 6.04 Å². The highest BCUT2D eigenvalue weighted by atomic mass is 35.5. The largest absolute Gasteiger partial charge is 0.383 e. The van der Waals surface area contributed by atoms with Crippen LogP contribution in [-0.4, -0.2) is 11.5 Å². The fraction of sp³-hybridized carbons (Fsp3) is 0.267. The summed E-state index contributed by atoms with van der Waals surface area (Å²) in [6.45, 7) is 3.06. The summed E-state index contributed by atoms with van der Waals surface area (Å²) >= 11 is 5.94. The second kappa shape index (κ2) is 6.55. The number of aromatic nitrogens is 1. The SMILES string of the molecule is CCCNC(c1ccc(Cl)cc1)c1cccnc1N. The molecule has 19 heavy (non-hydrogen) atoms. The third kappa shape index (κ3) is 3.46. The van der Waals surface area contributed by atoms with E-state index in [4.69, 9.17) is 17.3 Å². The Bertz CT molecular complexity index is 525. The van der Waals surface area contributed by atoms with Crippen molar-refractivity contribution in [2.75, 3.05) is 12.3 Å². The molecule has 2 aromatic rings. The molecule has 0 saturated carbocycles. The first-order valence-corrected chi connectivity index (χ1v) is 6.79. The van der Waals surface area contributed by atoms with Crippen LogP contribution in [0.1, 0.15) is 30.5 Å². The van der Waals surface area contributed by atoms with Gasteiger partial charge in [-0.2, -0.15) is 0 Å². The van der Waals surface area contributed by atoms with E-state index in [0.29, 0.717) is 5.82 Å². The Morgan fingerprint density at radius 1 is 1.26 bits per heavy atom. The first-order valence-electron chi connectivity index (χ1n) is 6.41. The van der Waals surface area contributed by atoms with Crippen LogP contribution in [0.2, 0.25) is 5.02 Å². The Hall–Kier alpha value is -1.58. The predicted molar refractivity (Wildman–Crippen MR) is 80.2 cm³/mol. The average Bonchev–Trinajstić information content (AvgIpc) is 2.43. The lowest BCUT2D eigenvalue weighted by Gasteiger charge is -2.20. The van der Waals surface area contributed by atoms with Gasteiger partial charge >= 0.3 is 0 Å². The summed E-state index contributed by atoms with van der Waals surface area (Å²) in [6, 6.07) is 11.8. The molecule has 1 aromatic heterocycles. The molecule has 0 aliphatic rings. The molecule has 0 saturated heterocycles. The molecule has 0 aliphatic heterocycles. The summed E-state index contributed by atoms with van der Waals surface area (Å²) in [6.07, 6.45) is 2.77. The van der Waals surface area contributed by atoms with Crippen LogP contribution in [0.25, 0.3) is 0 Å². The molecule has 3 N–H and O–H groups in total. The Morgan fingerprint density at radius 2 is 2.00 bits per heavy atom. The second-order valence-corrected chi connectivity index (χ2v) is 4.85. The Labute approximate surface area is 118 Å². The minimum absolute atomic E-state index is 0.0471. The number of benzene rings is 1. The second-order valence-electron chi connectivity index (χ2n) is 4.42. The van der Waals surface area contributed by atoms with Crippen molar-refractivity contribution in [3.63, 3.8) is 0 Å². The number of hydrogen-bond donors (Lipinski definition) is 2. The van der Waals surface area contributed by atoms with E-state index < -0.39 is 0 Å². The standard InChI is InChI=1S/C15H18ClN3/c1-2-9-18-14(11-5-7-12(16)8-6-11)13-4-3-10-19-15(13)17/h3-8,10,14,18H,2,9H2,1H3,(H2,17,19). The van der Waals surface area contributed by atoms with Crippen LogP contribution < -0.4 is 11.1 Å². The van der Waals surface area contributed by atoms with Gasteiger partial charge in [0, 0.05) is 16.8 Å². The first-order chi connectivity index (χ1) is 9.22. The molecule has 3 nitrogen and oxygen atoms in total. The van der Waals surface area contributed by atoms with Crippen LogP contribution in [0, 0.1) is 0 Å². The summed E-state index contributed by atoms with van der Waals surface area (Å²) < 4.78 is 0. The van der Waals surface area contributed by atoms with Crippen molar-refractivity contribution in [3.05, 3.63) is 58.7 Å². The van der Waals surface area contributed by atoms with Gasteiger partial charge in [-0.3, -0.25) is 0 Å². The van der Waals surface area contributed by atoms with Gasteiger partial charge in [-0.15, -0.1) is 0 Å². The van der Waals surface area contributed by atoms with E-state index in [2.05, 4.69) is 17.2 Å². The van der Waals surface area contributed by atoms with Gasteiger partial charge in [0.15, 0.2) is 0 Å². The molecule has 1 heterocycles. The molecule has 0 aliphatic carbocycles. The first kappa shape index (κ1) is 13.8. The lowest BCUT2D eigenvalue weighted by molar-refractivity contribution is 0.598. The summed E-state index contributed by atoms with van der Waals surface area (Å²) in [7, 11) is 0. The van der Waals surface area contributed by atoms with E-state index in [1.54, 1.807) is 6.20 Å². The van der Waals surface area contributed by atoms with Gasteiger partial charge in [-0.25, -0.2) is 4.98 Å². The van der Waals surface area contributed by atoms with Crippen molar-refractivity contribution in [1.29, 1.82) is 0 Å². The zero-order chi connectivity index (χ0) is 13.7. The molecule has 1 unspecified atom stereocenters. The van der Waals surface area contributed by atoms with Gasteiger partial charge < -0.3 is 11.1 Å². The molecule has 4 heteroatoms. The van der Waals surface area contributed by atoms with Crippen molar-refractivity contribution >= 4 is 17.4 Å². The zero-order valence-corrected chi connectivity index (χ0v) is 11.7. The van der Waals surface area contributed by atoms with Crippen LogP contribution >= 0.6 is 11.6 Å². The lowest BCUT2D eigenvalue weighted by Crippen LogP contribution is -2.24. The van der Waals surface area contributed by atoms with Crippen molar-refractivity contribution in [3.8, 4) is 0 Å². The van der Waals surface area contributed by atoms with Crippen molar-refractivity contribution in [1.82, 2.24) is 10.3 Å². The number of nitrogens with one attached hydrogen (secondary N) is 1. The summed E-state index contributed by atoms with van der Waals surface area (Å²) in [4.78, 5) is 4.16. The van der Waals surface area contributed by atoms with E-state index in [1.165, 1.54) is 0 Å². The number of halogens is 1. The lowest BCUT2D eigenvalue weighted by atomic mass is 9.99. The van der Waals surface area contributed by atoms with Crippen molar-refractivity contribution in [2.24, 2.45) is 0 Å². The van der Waals surface area contributed by atoms with Crippen molar-refractivity contribution < 1.29 is 0 Å². The number of anilines is 1. The molecule has 0 bridgehead atoms. The maximum atomic E-state index is 5.98. The molecule has 1 aromatic carbocycles. The Balaban J connectivity index is 2.35. The number of nitrogens with two attached hydrogens (primary N) is 1. The quantitative estimate of drug-likeness (QED) is 0.879. The van der Waals surface area contributed by atoms with E-state index in [9.17, 15) is 0 Å². The topological polar surface area (TPSA) is 50.9 Å². The average molecular weight is 276 g/mol. The van der Waals surface area contributed by atoms with E-state index in [1.807, 2.05) is 36.4 Å². The van der Waals surface area contributed by atoms with Crippen LogP contribution in [0.5, 0.6) is 0 Å². The molecular weight excluding hydrogens is 258 g/mol. The molecule has 1 atom stereocenters. The smallest absolute Gasteiger partial charge is 0.128 e. The highest BCUT2D eigenvalue weighted by Crippen LogP contribution is 2.26. The van der Waals surface area contributed by atoms with Crippen LogP contribution in [0.4, 0.5) is 5.82 Å². The van der Waals surface area contributed by atoms with Crippen LogP contribution in [-0.2, 0) is 0 Å². The molecular formula is C15H18ClN3. The van der Waals surface area contributed by atoms with Gasteiger partial charge in [0.2, 0.25) is 0 Å². The van der Waals surface area contributed by atoms with Gasteiger partial charge in [-0.1, -0.05) is 36.7 Å². The third-order valence-corrected chi connectivity index (χ3v) is 3.24. The molecule has 2 rings (SSSR count). The Kier molecular flexibility index (Phi) is 4.77.